The Kier molecular flexibility index (Phi) is 2.25. The molecule has 3 nitrogen and oxygen atoms in total. The van der Waals surface area contributed by atoms with Gasteiger partial charge < -0.3 is 4.74 Å². The Balaban J connectivity index is 1.94. The van der Waals surface area contributed by atoms with Crippen LogP contribution in [0.15, 0.2) is 24.4 Å². The molecule has 1 saturated carbocycles. The van der Waals surface area contributed by atoms with E-state index < -0.39 is 0 Å². The van der Waals surface area contributed by atoms with Crippen molar-refractivity contribution in [2.45, 2.75) is 19.3 Å². The van der Waals surface area contributed by atoms with Gasteiger partial charge in [0.1, 0.15) is 0 Å². The Labute approximate surface area is 76.7 Å². The second-order valence-electron chi connectivity index (χ2n) is 3.22. The Morgan fingerprint density at radius 1 is 1.46 bits per heavy atom. The van der Waals surface area contributed by atoms with Gasteiger partial charge in [-0.2, -0.15) is 0 Å². The molecule has 1 heterocycles. The van der Waals surface area contributed by atoms with Crippen molar-refractivity contribution in [3.8, 4) is 5.88 Å². The number of rotatable bonds is 2. The summed E-state index contributed by atoms with van der Waals surface area (Å²) < 4.78 is 5.07. The molecule has 0 N–H and O–H groups in total. The first-order chi connectivity index (χ1) is 6.36. The zero-order chi connectivity index (χ0) is 9.10. The third kappa shape index (κ3) is 1.86. The molecular formula is C10H11NO2. The van der Waals surface area contributed by atoms with Crippen LogP contribution in [0, 0.1) is 5.92 Å². The van der Waals surface area contributed by atoms with Crippen LogP contribution >= 0.6 is 0 Å². The fourth-order valence-electron chi connectivity index (χ4n) is 1.24. The number of esters is 1. The standard InChI is InChI=1S/C10H11NO2/c12-10(8-4-3-5-8)13-9-6-1-2-7-11-9/h1-2,6-8H,3-5H2. The number of hydrogen-bond acceptors (Lipinski definition) is 3. The Hall–Kier alpha value is -1.38. The molecule has 0 bridgehead atoms. The van der Waals surface area contributed by atoms with Gasteiger partial charge in [0, 0.05) is 12.3 Å². The molecule has 1 fully saturated rings. The van der Waals surface area contributed by atoms with Crippen LogP contribution in [0.4, 0.5) is 0 Å². The predicted molar refractivity (Wildman–Crippen MR) is 47.2 cm³/mol. The van der Waals surface area contributed by atoms with Crippen LogP contribution in [0.25, 0.3) is 0 Å². The number of pyridine rings is 1. The van der Waals surface area contributed by atoms with Crippen molar-refractivity contribution in [3.05, 3.63) is 24.4 Å². The topological polar surface area (TPSA) is 39.2 Å². The highest BCUT2D eigenvalue weighted by Crippen LogP contribution is 2.27. The lowest BCUT2D eigenvalue weighted by Gasteiger charge is -2.22. The van der Waals surface area contributed by atoms with Gasteiger partial charge in [-0.3, -0.25) is 4.79 Å². The summed E-state index contributed by atoms with van der Waals surface area (Å²) in [5.41, 5.74) is 0. The van der Waals surface area contributed by atoms with E-state index in [1.54, 1.807) is 24.4 Å². The minimum Gasteiger partial charge on any atom is -0.407 e. The van der Waals surface area contributed by atoms with Crippen LogP contribution in [-0.4, -0.2) is 11.0 Å². The Morgan fingerprint density at radius 3 is 2.85 bits per heavy atom. The van der Waals surface area contributed by atoms with Crippen LogP contribution in [0.2, 0.25) is 0 Å². The second kappa shape index (κ2) is 3.56. The molecule has 0 aliphatic heterocycles. The molecule has 0 atom stereocenters. The summed E-state index contributed by atoms with van der Waals surface area (Å²) in [6, 6.07) is 5.29. The van der Waals surface area contributed by atoms with Crippen LogP contribution in [-0.2, 0) is 4.79 Å². The van der Waals surface area contributed by atoms with Gasteiger partial charge in [0.15, 0.2) is 0 Å². The molecule has 68 valence electrons. The molecular weight excluding hydrogens is 166 g/mol. The molecule has 0 unspecified atom stereocenters. The molecule has 2 rings (SSSR count). The summed E-state index contributed by atoms with van der Waals surface area (Å²) in [4.78, 5) is 15.2. The van der Waals surface area contributed by atoms with Crippen molar-refractivity contribution in [2.24, 2.45) is 5.92 Å². The highest BCUT2D eigenvalue weighted by Gasteiger charge is 2.27. The zero-order valence-electron chi connectivity index (χ0n) is 7.27. The second-order valence-corrected chi connectivity index (χ2v) is 3.22. The van der Waals surface area contributed by atoms with E-state index in [0.717, 1.165) is 19.3 Å². The van der Waals surface area contributed by atoms with Gasteiger partial charge in [0.05, 0.1) is 5.92 Å². The third-order valence-corrected chi connectivity index (χ3v) is 2.28. The van der Waals surface area contributed by atoms with Gasteiger partial charge in [-0.1, -0.05) is 12.5 Å². The smallest absolute Gasteiger partial charge is 0.315 e. The first-order valence-electron chi connectivity index (χ1n) is 4.49. The normalized spacial score (nSPS) is 16.3. The van der Waals surface area contributed by atoms with Gasteiger partial charge in [0.2, 0.25) is 5.88 Å². The summed E-state index contributed by atoms with van der Waals surface area (Å²) in [5.74, 6) is 0.381. The predicted octanol–water partition coefficient (Wildman–Crippen LogP) is 1.79. The third-order valence-electron chi connectivity index (χ3n) is 2.28. The molecule has 1 aliphatic carbocycles. The van der Waals surface area contributed by atoms with E-state index in [9.17, 15) is 4.79 Å². The minimum atomic E-state index is -0.134. The SMILES string of the molecule is O=C(Oc1ccccn1)C1CCC1. The summed E-state index contributed by atoms with van der Waals surface area (Å²) in [6.45, 7) is 0. The molecule has 1 aromatic heterocycles. The molecule has 13 heavy (non-hydrogen) atoms. The van der Waals surface area contributed by atoms with E-state index in [1.807, 2.05) is 0 Å². The molecule has 0 spiro atoms. The molecule has 1 aliphatic rings. The molecule has 1 aromatic rings. The number of ether oxygens (including phenoxy) is 1. The highest BCUT2D eigenvalue weighted by atomic mass is 16.5. The van der Waals surface area contributed by atoms with E-state index in [4.69, 9.17) is 4.74 Å². The van der Waals surface area contributed by atoms with Crippen molar-refractivity contribution in [3.63, 3.8) is 0 Å². The molecule has 3 heteroatoms. The van der Waals surface area contributed by atoms with Crippen molar-refractivity contribution < 1.29 is 9.53 Å². The zero-order valence-corrected chi connectivity index (χ0v) is 7.27. The van der Waals surface area contributed by atoms with Gasteiger partial charge in [0.25, 0.3) is 0 Å². The monoisotopic (exact) mass is 177 g/mol. The summed E-state index contributed by atoms with van der Waals surface area (Å²) in [7, 11) is 0. The molecule has 0 amide bonds. The van der Waals surface area contributed by atoms with Gasteiger partial charge >= 0.3 is 5.97 Å². The van der Waals surface area contributed by atoms with E-state index in [0.29, 0.717) is 5.88 Å². The number of carbonyl (C=O) groups is 1. The van der Waals surface area contributed by atoms with Gasteiger partial charge in [-0.25, -0.2) is 4.98 Å². The van der Waals surface area contributed by atoms with Crippen LogP contribution in [0.1, 0.15) is 19.3 Å². The van der Waals surface area contributed by atoms with Gasteiger partial charge in [-0.05, 0) is 18.9 Å². The van der Waals surface area contributed by atoms with E-state index >= 15 is 0 Å². The average Bonchev–Trinajstić information content (AvgIpc) is 2.02. The lowest BCUT2D eigenvalue weighted by Crippen LogP contribution is -2.26. The van der Waals surface area contributed by atoms with E-state index in [2.05, 4.69) is 4.98 Å². The minimum absolute atomic E-state index is 0.113. The largest absolute Gasteiger partial charge is 0.407 e. The lowest BCUT2D eigenvalue weighted by atomic mass is 9.86. The lowest BCUT2D eigenvalue weighted by molar-refractivity contribution is -0.141. The van der Waals surface area contributed by atoms with Crippen molar-refractivity contribution >= 4 is 5.97 Å². The maximum absolute atomic E-state index is 11.3. The quantitative estimate of drug-likeness (QED) is 0.646. The molecule has 0 aromatic carbocycles. The highest BCUT2D eigenvalue weighted by molar-refractivity contribution is 5.75. The van der Waals surface area contributed by atoms with Crippen LogP contribution in [0.3, 0.4) is 0 Å². The number of aromatic nitrogens is 1. The molecule has 0 saturated heterocycles. The number of hydrogen-bond donors (Lipinski definition) is 0. The fourth-order valence-corrected chi connectivity index (χ4v) is 1.24. The maximum atomic E-state index is 11.3. The fraction of sp³-hybridized carbons (Fsp3) is 0.400. The number of nitrogens with zero attached hydrogens (tertiary/aromatic N) is 1. The van der Waals surface area contributed by atoms with Crippen molar-refractivity contribution in [1.29, 1.82) is 0 Å². The van der Waals surface area contributed by atoms with Gasteiger partial charge in [-0.15, -0.1) is 0 Å². The van der Waals surface area contributed by atoms with E-state index in [-0.39, 0.29) is 11.9 Å². The Bertz CT molecular complexity index is 293. The first-order valence-corrected chi connectivity index (χ1v) is 4.49. The first kappa shape index (κ1) is 8.23. The summed E-state index contributed by atoms with van der Waals surface area (Å²) >= 11 is 0. The maximum Gasteiger partial charge on any atom is 0.315 e. The Morgan fingerprint density at radius 2 is 2.31 bits per heavy atom. The average molecular weight is 177 g/mol. The summed E-state index contributed by atoms with van der Waals surface area (Å²) in [6.07, 6.45) is 4.68. The van der Waals surface area contributed by atoms with E-state index in [1.165, 1.54) is 0 Å². The van der Waals surface area contributed by atoms with Crippen molar-refractivity contribution in [2.75, 3.05) is 0 Å². The summed E-state index contributed by atoms with van der Waals surface area (Å²) in [5, 5.41) is 0. The van der Waals surface area contributed by atoms with Crippen molar-refractivity contribution in [1.82, 2.24) is 4.98 Å². The van der Waals surface area contributed by atoms with Crippen LogP contribution < -0.4 is 4.74 Å². The van der Waals surface area contributed by atoms with Crippen LogP contribution in [0.5, 0.6) is 5.88 Å². The molecule has 0 radical (unpaired) electrons. The number of carbonyl (C=O) groups excluding carboxylic acids is 1.